The van der Waals surface area contributed by atoms with Crippen molar-refractivity contribution < 1.29 is 19.4 Å². The molecule has 0 unspecified atom stereocenters. The molecule has 1 aliphatic heterocycles. The van der Waals surface area contributed by atoms with E-state index in [1.54, 1.807) is 12.4 Å². The SMILES string of the molecule is O[n+]1cccc(C2CCC3(CC2)OCCO3)c1. The number of rotatable bonds is 1. The van der Waals surface area contributed by atoms with Crippen LogP contribution in [0.15, 0.2) is 24.5 Å². The van der Waals surface area contributed by atoms with Crippen molar-refractivity contribution in [2.24, 2.45) is 0 Å². The van der Waals surface area contributed by atoms with Crippen LogP contribution in [0.3, 0.4) is 0 Å². The van der Waals surface area contributed by atoms with E-state index in [9.17, 15) is 5.21 Å². The lowest BCUT2D eigenvalue weighted by atomic mass is 9.81. The van der Waals surface area contributed by atoms with Crippen molar-refractivity contribution in [2.75, 3.05) is 13.2 Å². The summed E-state index contributed by atoms with van der Waals surface area (Å²) in [4.78, 5) is 0. The molecule has 1 saturated heterocycles. The summed E-state index contributed by atoms with van der Waals surface area (Å²) in [6, 6.07) is 3.95. The van der Waals surface area contributed by atoms with Gasteiger partial charge < -0.3 is 9.47 Å². The van der Waals surface area contributed by atoms with Gasteiger partial charge in [-0.2, -0.15) is 0 Å². The number of hydrogen-bond acceptors (Lipinski definition) is 3. The maximum atomic E-state index is 9.42. The Morgan fingerprint density at radius 3 is 2.59 bits per heavy atom. The molecule has 1 aromatic heterocycles. The van der Waals surface area contributed by atoms with Gasteiger partial charge in [-0.15, -0.1) is 0 Å². The predicted molar refractivity (Wildman–Crippen MR) is 59.7 cm³/mol. The highest BCUT2D eigenvalue weighted by atomic mass is 16.7. The number of pyridine rings is 1. The van der Waals surface area contributed by atoms with Gasteiger partial charge in [-0.3, -0.25) is 5.21 Å². The van der Waals surface area contributed by atoms with Gasteiger partial charge in [0, 0.05) is 29.2 Å². The Bertz CT molecular complexity index is 391. The fourth-order valence-electron chi connectivity index (χ4n) is 2.90. The highest BCUT2D eigenvalue weighted by molar-refractivity contribution is 5.13. The first-order valence-electron chi connectivity index (χ1n) is 6.26. The third-order valence-corrected chi connectivity index (χ3v) is 3.84. The van der Waals surface area contributed by atoms with E-state index in [-0.39, 0.29) is 5.79 Å². The molecule has 4 heteroatoms. The maximum absolute atomic E-state index is 9.42. The molecule has 3 rings (SSSR count). The lowest BCUT2D eigenvalue weighted by molar-refractivity contribution is -0.905. The van der Waals surface area contributed by atoms with E-state index in [1.807, 2.05) is 6.07 Å². The van der Waals surface area contributed by atoms with Gasteiger partial charge in [-0.25, -0.2) is 0 Å². The fourth-order valence-corrected chi connectivity index (χ4v) is 2.90. The minimum absolute atomic E-state index is 0.291. The van der Waals surface area contributed by atoms with E-state index >= 15 is 0 Å². The molecular formula is C13H18NO3+. The Labute approximate surface area is 101 Å². The van der Waals surface area contributed by atoms with E-state index in [4.69, 9.17) is 9.47 Å². The summed E-state index contributed by atoms with van der Waals surface area (Å²) in [5.74, 6) is 0.216. The molecule has 1 saturated carbocycles. The molecule has 17 heavy (non-hydrogen) atoms. The average molecular weight is 236 g/mol. The number of aromatic nitrogens is 1. The largest absolute Gasteiger partial charge is 0.348 e. The van der Waals surface area contributed by atoms with Crippen molar-refractivity contribution in [3.63, 3.8) is 0 Å². The maximum Gasteiger partial charge on any atom is 0.225 e. The van der Waals surface area contributed by atoms with Crippen molar-refractivity contribution in [1.82, 2.24) is 0 Å². The molecule has 2 fully saturated rings. The van der Waals surface area contributed by atoms with Crippen molar-refractivity contribution in [1.29, 1.82) is 0 Å². The Hall–Kier alpha value is -1.13. The van der Waals surface area contributed by atoms with E-state index in [2.05, 4.69) is 6.07 Å². The molecule has 1 aromatic rings. The van der Waals surface area contributed by atoms with Crippen LogP contribution < -0.4 is 4.73 Å². The molecule has 2 aliphatic rings. The van der Waals surface area contributed by atoms with Gasteiger partial charge in [0.2, 0.25) is 12.4 Å². The van der Waals surface area contributed by atoms with Crippen LogP contribution in [0.4, 0.5) is 0 Å². The first kappa shape index (κ1) is 11.0. The van der Waals surface area contributed by atoms with Gasteiger partial charge in [0.25, 0.3) is 0 Å². The first-order chi connectivity index (χ1) is 8.27. The Kier molecular flexibility index (Phi) is 2.76. The third-order valence-electron chi connectivity index (χ3n) is 3.84. The zero-order valence-corrected chi connectivity index (χ0v) is 9.84. The van der Waals surface area contributed by atoms with Gasteiger partial charge in [0.05, 0.1) is 13.2 Å². The highest BCUT2D eigenvalue weighted by Crippen LogP contribution is 2.41. The molecule has 0 radical (unpaired) electrons. The molecule has 0 amide bonds. The zero-order chi connectivity index (χ0) is 11.7. The smallest absolute Gasteiger partial charge is 0.225 e. The first-order valence-corrected chi connectivity index (χ1v) is 6.26. The topological polar surface area (TPSA) is 42.6 Å². The number of hydrogen-bond donors (Lipinski definition) is 1. The summed E-state index contributed by atoms with van der Waals surface area (Å²) in [6.07, 6.45) is 7.46. The summed E-state index contributed by atoms with van der Waals surface area (Å²) in [5, 5.41) is 9.42. The van der Waals surface area contributed by atoms with E-state index in [1.165, 1.54) is 5.56 Å². The number of ether oxygens (including phenoxy) is 2. The molecule has 1 spiro atoms. The summed E-state index contributed by atoms with van der Waals surface area (Å²) >= 11 is 0. The van der Waals surface area contributed by atoms with Gasteiger partial charge in [0.1, 0.15) is 0 Å². The van der Waals surface area contributed by atoms with Crippen LogP contribution in [0.2, 0.25) is 0 Å². The summed E-state index contributed by atoms with van der Waals surface area (Å²) < 4.78 is 12.6. The summed E-state index contributed by atoms with van der Waals surface area (Å²) in [5.41, 5.74) is 1.20. The summed E-state index contributed by atoms with van der Waals surface area (Å²) in [6.45, 7) is 1.46. The highest BCUT2D eigenvalue weighted by Gasteiger charge is 2.40. The van der Waals surface area contributed by atoms with Gasteiger partial charge in [-0.1, -0.05) is 0 Å². The van der Waals surface area contributed by atoms with Crippen LogP contribution in [-0.4, -0.2) is 24.2 Å². The second-order valence-corrected chi connectivity index (χ2v) is 4.90. The third kappa shape index (κ3) is 2.15. The molecule has 1 N–H and O–H groups in total. The van der Waals surface area contributed by atoms with E-state index < -0.39 is 0 Å². The second-order valence-electron chi connectivity index (χ2n) is 4.90. The number of nitrogens with zero attached hydrogens (tertiary/aromatic N) is 1. The van der Waals surface area contributed by atoms with Crippen LogP contribution in [0.25, 0.3) is 0 Å². The molecule has 0 bridgehead atoms. The Morgan fingerprint density at radius 1 is 1.24 bits per heavy atom. The molecular weight excluding hydrogens is 218 g/mol. The van der Waals surface area contributed by atoms with Crippen LogP contribution in [0, 0.1) is 0 Å². The lowest BCUT2D eigenvalue weighted by Crippen LogP contribution is -2.35. The van der Waals surface area contributed by atoms with Crippen molar-refractivity contribution in [3.8, 4) is 0 Å². The van der Waals surface area contributed by atoms with Crippen LogP contribution in [-0.2, 0) is 9.47 Å². The monoisotopic (exact) mass is 236 g/mol. The zero-order valence-electron chi connectivity index (χ0n) is 9.84. The minimum Gasteiger partial charge on any atom is -0.348 e. The van der Waals surface area contributed by atoms with Crippen molar-refractivity contribution in [2.45, 2.75) is 37.4 Å². The normalized spacial score (nSPS) is 24.2. The average Bonchev–Trinajstić information content (AvgIpc) is 2.79. The lowest BCUT2D eigenvalue weighted by Gasteiger charge is -2.35. The molecule has 2 heterocycles. The molecule has 1 aliphatic carbocycles. The van der Waals surface area contributed by atoms with Crippen molar-refractivity contribution in [3.05, 3.63) is 30.1 Å². The molecule has 0 atom stereocenters. The van der Waals surface area contributed by atoms with Crippen LogP contribution in [0.1, 0.15) is 37.2 Å². The Balaban J connectivity index is 1.68. The van der Waals surface area contributed by atoms with Gasteiger partial charge in [0.15, 0.2) is 5.79 Å². The van der Waals surface area contributed by atoms with E-state index in [0.29, 0.717) is 5.92 Å². The Morgan fingerprint density at radius 2 is 1.94 bits per heavy atom. The predicted octanol–water partition coefficient (Wildman–Crippen LogP) is 1.61. The van der Waals surface area contributed by atoms with Crippen molar-refractivity contribution >= 4 is 0 Å². The molecule has 0 aromatic carbocycles. The quantitative estimate of drug-likeness (QED) is 0.595. The van der Waals surface area contributed by atoms with Gasteiger partial charge in [-0.05, 0) is 24.8 Å². The molecule has 92 valence electrons. The van der Waals surface area contributed by atoms with Gasteiger partial charge >= 0.3 is 0 Å². The molecule has 4 nitrogen and oxygen atoms in total. The second kappa shape index (κ2) is 4.27. The fraction of sp³-hybridized carbons (Fsp3) is 0.615. The minimum atomic E-state index is -0.291. The standard InChI is InChI=1S/C13H18NO3/c15-14-7-1-2-12(10-14)11-3-5-13(6-4-11)16-8-9-17-13/h1-2,7,10-11,15H,3-6,8-9H2/q+1. The van der Waals surface area contributed by atoms with E-state index in [0.717, 1.165) is 43.6 Å². The van der Waals surface area contributed by atoms with Crippen LogP contribution in [0.5, 0.6) is 0 Å². The summed E-state index contributed by atoms with van der Waals surface area (Å²) in [7, 11) is 0. The van der Waals surface area contributed by atoms with Crippen LogP contribution >= 0.6 is 0 Å².